The number of rotatable bonds is 10. The van der Waals surface area contributed by atoms with Gasteiger partial charge in [0, 0.05) is 38.3 Å². The fraction of sp³-hybridized carbons (Fsp3) is 0.622. The molecular weight excluding hydrogens is 628 g/mol. The molecule has 48 heavy (non-hydrogen) atoms. The number of hydrogen-bond acceptors (Lipinski definition) is 7. The molecule has 2 heterocycles. The highest BCUT2D eigenvalue weighted by Crippen LogP contribution is 2.43. The molecule has 2 unspecified atom stereocenters. The summed E-state index contributed by atoms with van der Waals surface area (Å²) in [4.78, 5) is 28.9. The molecule has 2 aromatic rings. The van der Waals surface area contributed by atoms with E-state index in [1.54, 1.807) is 6.07 Å². The number of fused-ring (bicyclic) bond motifs is 3. The number of sulfonamides is 1. The number of benzene rings is 1. The van der Waals surface area contributed by atoms with Gasteiger partial charge in [-0.25, -0.2) is 8.42 Å². The lowest BCUT2D eigenvalue weighted by atomic mass is 9.80. The van der Waals surface area contributed by atoms with Crippen molar-refractivity contribution in [1.29, 1.82) is 0 Å². The Bertz CT molecular complexity index is 1690. The number of aryl methyl sites for hydroxylation is 1. The van der Waals surface area contributed by atoms with E-state index in [4.69, 9.17) is 9.47 Å². The molecular formula is C37H54N4O6S. The van der Waals surface area contributed by atoms with Crippen molar-refractivity contribution in [3.05, 3.63) is 46.8 Å². The van der Waals surface area contributed by atoms with Gasteiger partial charge >= 0.3 is 5.97 Å². The molecule has 1 aliphatic heterocycles. The van der Waals surface area contributed by atoms with Gasteiger partial charge in [-0.05, 0) is 111 Å². The number of likely N-dealkylation sites (tertiary alicyclic amines) is 1. The highest BCUT2D eigenvalue weighted by atomic mass is 32.2. The number of esters is 1. The fourth-order valence-electron chi connectivity index (χ4n) is 7.79. The first kappa shape index (κ1) is 36.0. The second-order valence-corrected chi connectivity index (χ2v) is 17.8. The van der Waals surface area contributed by atoms with Crippen LogP contribution in [0, 0.1) is 11.8 Å². The van der Waals surface area contributed by atoms with Crippen LogP contribution in [-0.4, -0.2) is 67.9 Å². The number of carbonyl (C=O) groups excluding carboxylic acids is 2. The van der Waals surface area contributed by atoms with Gasteiger partial charge in [0.1, 0.15) is 11.3 Å². The lowest BCUT2D eigenvalue weighted by Gasteiger charge is -2.31. The molecule has 2 N–H and O–H groups in total. The summed E-state index contributed by atoms with van der Waals surface area (Å²) in [5.74, 6) is 1.05. The predicted molar refractivity (Wildman–Crippen MR) is 191 cm³/mol. The summed E-state index contributed by atoms with van der Waals surface area (Å²) in [6.07, 6.45) is 10.0. The summed E-state index contributed by atoms with van der Waals surface area (Å²) < 4.78 is 40.1. The van der Waals surface area contributed by atoms with Crippen LogP contribution >= 0.6 is 0 Å². The minimum atomic E-state index is -3.59. The quantitative estimate of drug-likeness (QED) is 0.275. The zero-order chi connectivity index (χ0) is 35.2. The summed E-state index contributed by atoms with van der Waals surface area (Å²) in [5.41, 5.74) is 4.83. The van der Waals surface area contributed by atoms with E-state index >= 15 is 0 Å². The first-order valence-electron chi connectivity index (χ1n) is 17.2. The number of ether oxygens (including phenoxy) is 2. The lowest BCUT2D eigenvalue weighted by Crippen LogP contribution is -2.33. The first-order chi connectivity index (χ1) is 22.3. The molecule has 1 amide bonds. The van der Waals surface area contributed by atoms with Gasteiger partial charge in [-0.15, -0.1) is 0 Å². The highest BCUT2D eigenvalue weighted by molar-refractivity contribution is 7.92. The van der Waals surface area contributed by atoms with Gasteiger partial charge in [0.15, 0.2) is 5.75 Å². The second kappa shape index (κ2) is 13.5. The Morgan fingerprint density at radius 3 is 2.38 bits per heavy atom. The Kier molecular flexibility index (Phi) is 10.1. The third-order valence-electron chi connectivity index (χ3n) is 9.79. The van der Waals surface area contributed by atoms with E-state index in [2.05, 4.69) is 21.0 Å². The minimum Gasteiger partial charge on any atom is -0.492 e. The third-order valence-corrected chi connectivity index (χ3v) is 10.4. The second-order valence-electron chi connectivity index (χ2n) is 16.1. The van der Waals surface area contributed by atoms with Gasteiger partial charge in [-0.1, -0.05) is 26.8 Å². The molecule has 2 aliphatic carbocycles. The van der Waals surface area contributed by atoms with Gasteiger partial charge in [-0.2, -0.15) is 0 Å². The van der Waals surface area contributed by atoms with E-state index in [-0.39, 0.29) is 28.7 Å². The average Bonchev–Trinajstić information content (AvgIpc) is 3.44. The molecule has 11 heteroatoms. The Hall–Kier alpha value is -3.31. The number of nitrogens with one attached hydrogen (secondary N) is 2. The fourth-order valence-corrected chi connectivity index (χ4v) is 8.34. The number of aromatic nitrogens is 1. The summed E-state index contributed by atoms with van der Waals surface area (Å²) in [7, 11) is -0.183. The maximum Gasteiger partial charge on any atom is 0.306 e. The molecule has 1 aromatic carbocycles. The minimum absolute atomic E-state index is 0.105. The molecule has 10 nitrogen and oxygen atoms in total. The molecule has 2 fully saturated rings. The number of methoxy groups -OCH3 is 1. The zero-order valence-corrected chi connectivity index (χ0v) is 31.0. The SMILES string of the molecule is COc1c(NC(=O)c2cc3c(n2C)C(CN2CC4CC(CCC(=O)OC(C)(C)C)C[C@@H]2C4)=CCC3)cc(C(C)(C)C)cc1NS(C)(=O)=O. The molecule has 5 rings (SSSR count). The summed E-state index contributed by atoms with van der Waals surface area (Å²) >= 11 is 0. The van der Waals surface area contributed by atoms with Crippen molar-refractivity contribution in [3.8, 4) is 5.75 Å². The van der Waals surface area contributed by atoms with E-state index in [0.29, 0.717) is 35.7 Å². The Morgan fingerprint density at radius 2 is 1.73 bits per heavy atom. The number of allylic oxidation sites excluding steroid dienone is 1. The van der Waals surface area contributed by atoms with Gasteiger partial charge < -0.3 is 19.4 Å². The van der Waals surface area contributed by atoms with Crippen LogP contribution in [0.5, 0.6) is 5.75 Å². The molecule has 2 bridgehead atoms. The average molecular weight is 683 g/mol. The number of hydrogen-bond donors (Lipinski definition) is 2. The van der Waals surface area contributed by atoms with Crippen LogP contribution in [0.25, 0.3) is 5.57 Å². The van der Waals surface area contributed by atoms with Gasteiger partial charge in [0.05, 0.1) is 24.7 Å². The van der Waals surface area contributed by atoms with Gasteiger partial charge in [0.2, 0.25) is 10.0 Å². The van der Waals surface area contributed by atoms with Crippen molar-refractivity contribution >= 4 is 38.8 Å². The van der Waals surface area contributed by atoms with Crippen LogP contribution < -0.4 is 14.8 Å². The van der Waals surface area contributed by atoms with Crippen LogP contribution in [0.3, 0.4) is 0 Å². The molecule has 264 valence electrons. The van der Waals surface area contributed by atoms with Crippen LogP contribution in [0.2, 0.25) is 0 Å². The van der Waals surface area contributed by atoms with E-state index in [1.165, 1.54) is 19.1 Å². The van der Waals surface area contributed by atoms with Crippen LogP contribution in [0.4, 0.5) is 11.4 Å². The van der Waals surface area contributed by atoms with Crippen molar-refractivity contribution in [1.82, 2.24) is 9.47 Å². The van der Waals surface area contributed by atoms with Gasteiger partial charge in [-0.3, -0.25) is 19.2 Å². The molecule has 1 saturated carbocycles. The van der Waals surface area contributed by atoms with Crippen molar-refractivity contribution in [2.45, 2.75) is 104 Å². The zero-order valence-electron chi connectivity index (χ0n) is 30.2. The number of carbonyl (C=O) groups is 2. The maximum absolute atomic E-state index is 13.9. The monoisotopic (exact) mass is 682 g/mol. The molecule has 0 radical (unpaired) electrons. The van der Waals surface area contributed by atoms with Gasteiger partial charge in [0.25, 0.3) is 5.91 Å². The Labute approximate surface area is 286 Å². The van der Waals surface area contributed by atoms with E-state index in [1.807, 2.05) is 65.3 Å². The van der Waals surface area contributed by atoms with Crippen LogP contribution in [0.1, 0.15) is 107 Å². The maximum atomic E-state index is 13.9. The standard InChI is InChI=1S/C37H54N4O6S/c1-36(2,3)27-19-29(34(46-8)30(20-27)39-48(9,44)45)38-35(43)31-18-25-11-10-12-26(33(25)40(31)7)22-41-21-24-15-23(16-28(41)17-24)13-14-32(42)47-37(4,5)6/h12,18-20,23-24,28,39H,10-11,13-17,21-22H2,1-9H3,(H,38,43)/t23?,24?,28-/m1/s1. The molecule has 0 spiro atoms. The van der Waals surface area contributed by atoms with E-state index < -0.39 is 15.6 Å². The normalized spacial score (nSPS) is 21.4. The molecule has 3 atom stereocenters. The number of amides is 1. The first-order valence-corrected chi connectivity index (χ1v) is 19.1. The van der Waals surface area contributed by atoms with E-state index in [9.17, 15) is 18.0 Å². The Balaban J connectivity index is 1.32. The molecule has 3 aliphatic rings. The van der Waals surface area contributed by atoms with Crippen molar-refractivity contribution in [2.24, 2.45) is 18.9 Å². The topological polar surface area (TPSA) is 119 Å². The number of anilines is 2. The Morgan fingerprint density at radius 1 is 1.02 bits per heavy atom. The summed E-state index contributed by atoms with van der Waals surface area (Å²) in [5, 5.41) is 3.04. The van der Waals surface area contributed by atoms with Crippen molar-refractivity contribution in [2.75, 3.05) is 36.5 Å². The smallest absolute Gasteiger partial charge is 0.306 e. The third kappa shape index (κ3) is 8.45. The lowest BCUT2D eigenvalue weighted by molar-refractivity contribution is -0.155. The largest absolute Gasteiger partial charge is 0.492 e. The van der Waals surface area contributed by atoms with Crippen molar-refractivity contribution in [3.63, 3.8) is 0 Å². The van der Waals surface area contributed by atoms with E-state index in [0.717, 1.165) is 68.3 Å². The predicted octanol–water partition coefficient (Wildman–Crippen LogP) is 6.51. The molecule has 1 saturated heterocycles. The summed E-state index contributed by atoms with van der Waals surface area (Å²) in [6, 6.07) is 6.09. The van der Waals surface area contributed by atoms with Crippen LogP contribution in [-0.2, 0) is 38.4 Å². The van der Waals surface area contributed by atoms with Crippen LogP contribution in [0.15, 0.2) is 24.3 Å². The molecule has 1 aromatic heterocycles. The highest BCUT2D eigenvalue weighted by Gasteiger charge is 2.40. The summed E-state index contributed by atoms with van der Waals surface area (Å²) in [6.45, 7) is 13.7. The number of nitrogens with zero attached hydrogens (tertiary/aromatic N) is 2. The van der Waals surface area contributed by atoms with Crippen molar-refractivity contribution < 1.29 is 27.5 Å².